The van der Waals surface area contributed by atoms with Crippen molar-refractivity contribution in [2.45, 2.75) is 6.92 Å². The monoisotopic (exact) mass is 514 g/mol. The van der Waals surface area contributed by atoms with Gasteiger partial charge in [0.2, 0.25) is 0 Å². The summed E-state index contributed by atoms with van der Waals surface area (Å²) < 4.78 is 18.3. The zero-order chi connectivity index (χ0) is 23.7. The van der Waals surface area contributed by atoms with E-state index in [1.807, 2.05) is 54.6 Å². The van der Waals surface area contributed by atoms with Crippen molar-refractivity contribution < 1.29 is 23.5 Å². The van der Waals surface area contributed by atoms with E-state index in [1.54, 1.807) is 37.3 Å². The van der Waals surface area contributed by atoms with E-state index in [0.29, 0.717) is 39.0 Å². The molecule has 0 N–H and O–H groups in total. The lowest BCUT2D eigenvalue weighted by Gasteiger charge is -2.09. The Bertz CT molecular complexity index is 1520. The molecule has 0 spiro atoms. The van der Waals surface area contributed by atoms with Gasteiger partial charge in [0.05, 0.1) is 12.2 Å². The Morgan fingerprint density at radius 2 is 1.50 bits per heavy atom. The highest BCUT2D eigenvalue weighted by Crippen LogP contribution is 2.41. The topological polar surface area (TPSA) is 65.7 Å². The molecule has 6 heteroatoms. The maximum atomic E-state index is 13.0. The number of hydrogen-bond acceptors (Lipinski definition) is 5. The Morgan fingerprint density at radius 1 is 0.824 bits per heavy atom. The minimum absolute atomic E-state index is 0.221. The number of rotatable bonds is 5. The van der Waals surface area contributed by atoms with Gasteiger partial charge in [-0.05, 0) is 37.3 Å². The van der Waals surface area contributed by atoms with Crippen molar-refractivity contribution in [1.82, 2.24) is 0 Å². The third kappa shape index (κ3) is 3.97. The first-order chi connectivity index (χ1) is 16.6. The largest absolute Gasteiger partial charge is 0.462 e. The molecule has 0 saturated heterocycles. The van der Waals surface area contributed by atoms with Gasteiger partial charge in [-0.25, -0.2) is 9.59 Å². The molecule has 4 aromatic carbocycles. The number of esters is 2. The fourth-order valence-corrected chi connectivity index (χ4v) is 4.18. The number of hydrogen-bond donors (Lipinski definition) is 0. The highest BCUT2D eigenvalue weighted by molar-refractivity contribution is 9.10. The summed E-state index contributed by atoms with van der Waals surface area (Å²) in [5.74, 6) is -0.250. The molecule has 34 heavy (non-hydrogen) atoms. The highest BCUT2D eigenvalue weighted by Gasteiger charge is 2.26. The van der Waals surface area contributed by atoms with Gasteiger partial charge in [-0.15, -0.1) is 0 Å². The van der Waals surface area contributed by atoms with Gasteiger partial charge in [0.15, 0.2) is 0 Å². The molecule has 0 bridgehead atoms. The number of fused-ring (bicyclic) bond motifs is 3. The van der Waals surface area contributed by atoms with Crippen LogP contribution in [0.15, 0.2) is 93.8 Å². The zero-order valence-corrected chi connectivity index (χ0v) is 19.8. The molecule has 0 aliphatic carbocycles. The second-order valence-electron chi connectivity index (χ2n) is 7.59. The minimum atomic E-state index is -0.499. The molecule has 0 aliphatic heterocycles. The van der Waals surface area contributed by atoms with Crippen molar-refractivity contribution in [3.63, 3.8) is 0 Å². The van der Waals surface area contributed by atoms with E-state index in [9.17, 15) is 9.59 Å². The molecule has 0 aliphatic rings. The van der Waals surface area contributed by atoms with E-state index in [0.717, 1.165) is 15.4 Å². The van der Waals surface area contributed by atoms with E-state index in [4.69, 9.17) is 13.9 Å². The average Bonchev–Trinajstić information content (AvgIpc) is 3.25. The van der Waals surface area contributed by atoms with Crippen molar-refractivity contribution in [2.24, 2.45) is 0 Å². The van der Waals surface area contributed by atoms with Crippen LogP contribution in [0.25, 0.3) is 33.1 Å². The lowest BCUT2D eigenvalue weighted by atomic mass is 10.0. The number of benzene rings is 4. The molecular formula is C28H19BrO5. The minimum Gasteiger partial charge on any atom is -0.462 e. The first-order valence-electron chi connectivity index (χ1n) is 10.8. The van der Waals surface area contributed by atoms with Crippen LogP contribution in [-0.4, -0.2) is 18.5 Å². The number of ether oxygens (including phenoxy) is 2. The van der Waals surface area contributed by atoms with Gasteiger partial charge in [-0.2, -0.15) is 0 Å². The van der Waals surface area contributed by atoms with Gasteiger partial charge in [0.1, 0.15) is 22.7 Å². The Kier molecular flexibility index (Phi) is 5.90. The van der Waals surface area contributed by atoms with Gasteiger partial charge >= 0.3 is 11.9 Å². The molecule has 0 unspecified atom stereocenters. The van der Waals surface area contributed by atoms with Crippen LogP contribution in [0.5, 0.6) is 5.75 Å². The van der Waals surface area contributed by atoms with E-state index >= 15 is 0 Å². The smallest absolute Gasteiger partial charge is 0.343 e. The Hall–Kier alpha value is -3.90. The van der Waals surface area contributed by atoms with E-state index < -0.39 is 11.9 Å². The summed E-state index contributed by atoms with van der Waals surface area (Å²) in [7, 11) is 0. The summed E-state index contributed by atoms with van der Waals surface area (Å²) in [4.78, 5) is 25.9. The molecular weight excluding hydrogens is 496 g/mol. The summed E-state index contributed by atoms with van der Waals surface area (Å²) in [6.45, 7) is 1.97. The second-order valence-corrected chi connectivity index (χ2v) is 8.50. The first-order valence-corrected chi connectivity index (χ1v) is 11.5. The SMILES string of the molecule is CCOC(=O)c1c(-c2ccccc2)oc2c1cc(OC(=O)c1ccc(Br)cc1)c1ccccc12. The predicted molar refractivity (Wildman–Crippen MR) is 134 cm³/mol. The van der Waals surface area contributed by atoms with Crippen molar-refractivity contribution >= 4 is 49.6 Å². The Balaban J connectivity index is 1.73. The summed E-state index contributed by atoms with van der Waals surface area (Å²) in [5.41, 5.74) is 1.99. The number of halogens is 1. The molecule has 0 fully saturated rings. The molecule has 0 radical (unpaired) electrons. The Morgan fingerprint density at radius 3 is 2.21 bits per heavy atom. The van der Waals surface area contributed by atoms with Gasteiger partial charge in [0.25, 0.3) is 0 Å². The summed E-state index contributed by atoms with van der Waals surface area (Å²) in [6.07, 6.45) is 0. The molecule has 168 valence electrons. The molecule has 0 saturated carbocycles. The maximum Gasteiger partial charge on any atom is 0.343 e. The van der Waals surface area contributed by atoms with E-state index in [-0.39, 0.29) is 6.61 Å². The number of carbonyl (C=O) groups excluding carboxylic acids is 2. The van der Waals surface area contributed by atoms with Crippen LogP contribution in [0, 0.1) is 0 Å². The van der Waals surface area contributed by atoms with Gasteiger partial charge in [-0.3, -0.25) is 0 Å². The highest BCUT2D eigenvalue weighted by atomic mass is 79.9. The standard InChI is InChI=1S/C28H19BrO5/c1-2-32-28(31)24-22-16-23(33-27(30)18-12-14-19(29)15-13-18)20-10-6-7-11-21(20)26(22)34-25(24)17-8-4-3-5-9-17/h3-16H,2H2,1H3. The molecule has 1 aromatic heterocycles. The molecule has 5 aromatic rings. The number of carbonyl (C=O) groups is 2. The third-order valence-electron chi connectivity index (χ3n) is 5.46. The quantitative estimate of drug-likeness (QED) is 0.180. The predicted octanol–water partition coefficient (Wildman–Crippen LogP) is 7.41. The molecule has 5 nitrogen and oxygen atoms in total. The van der Waals surface area contributed by atoms with E-state index in [2.05, 4.69) is 15.9 Å². The van der Waals surface area contributed by atoms with Crippen LogP contribution in [0.3, 0.4) is 0 Å². The lowest BCUT2D eigenvalue weighted by Crippen LogP contribution is -2.09. The lowest BCUT2D eigenvalue weighted by molar-refractivity contribution is 0.0528. The van der Waals surface area contributed by atoms with Gasteiger partial charge in [-0.1, -0.05) is 70.5 Å². The summed E-state index contributed by atoms with van der Waals surface area (Å²) in [6, 6.07) is 25.5. The van der Waals surface area contributed by atoms with Crippen molar-refractivity contribution in [3.05, 3.63) is 101 Å². The first kappa shape index (κ1) is 21.9. The van der Waals surface area contributed by atoms with Crippen LogP contribution in [-0.2, 0) is 4.74 Å². The van der Waals surface area contributed by atoms with Crippen molar-refractivity contribution in [1.29, 1.82) is 0 Å². The van der Waals surface area contributed by atoms with Crippen LogP contribution in [0.2, 0.25) is 0 Å². The third-order valence-corrected chi connectivity index (χ3v) is 5.98. The van der Waals surface area contributed by atoms with E-state index in [1.165, 1.54) is 0 Å². The molecule has 0 atom stereocenters. The van der Waals surface area contributed by atoms with Gasteiger partial charge in [0, 0.05) is 26.2 Å². The summed E-state index contributed by atoms with van der Waals surface area (Å²) >= 11 is 3.37. The summed E-state index contributed by atoms with van der Waals surface area (Å²) in [5, 5.41) is 1.95. The van der Waals surface area contributed by atoms with Crippen LogP contribution >= 0.6 is 15.9 Å². The normalized spacial score (nSPS) is 11.0. The fourth-order valence-electron chi connectivity index (χ4n) is 3.91. The average molecular weight is 515 g/mol. The Labute approximate surface area is 204 Å². The molecule has 5 rings (SSSR count). The molecule has 1 heterocycles. The van der Waals surface area contributed by atoms with Crippen LogP contribution in [0.1, 0.15) is 27.6 Å². The second kappa shape index (κ2) is 9.15. The zero-order valence-electron chi connectivity index (χ0n) is 18.2. The van der Waals surface area contributed by atoms with Crippen LogP contribution in [0.4, 0.5) is 0 Å². The van der Waals surface area contributed by atoms with Gasteiger partial charge < -0.3 is 13.9 Å². The van der Waals surface area contributed by atoms with Crippen molar-refractivity contribution in [2.75, 3.05) is 6.61 Å². The fraction of sp³-hybridized carbons (Fsp3) is 0.0714. The molecule has 0 amide bonds. The van der Waals surface area contributed by atoms with Crippen molar-refractivity contribution in [3.8, 4) is 17.1 Å². The van der Waals surface area contributed by atoms with Crippen LogP contribution < -0.4 is 4.74 Å². The number of furan rings is 1. The maximum absolute atomic E-state index is 13.0.